The molecule has 0 bridgehead atoms. The van der Waals surface area contributed by atoms with Crippen LogP contribution in [0, 0.1) is 0 Å². The Bertz CT molecular complexity index is 2320. The van der Waals surface area contributed by atoms with Crippen LogP contribution in [0.15, 0.2) is 207 Å². The Morgan fingerprint density at radius 3 is 0.811 bits per heavy atom. The van der Waals surface area contributed by atoms with Gasteiger partial charge in [0.1, 0.15) is 6.61 Å². The van der Waals surface area contributed by atoms with Gasteiger partial charge >= 0.3 is 19.8 Å². The number of allylic oxidation sites excluding steroid dienone is 34. The number of carbonyl (C=O) groups excluding carboxylic acids is 2. The van der Waals surface area contributed by atoms with E-state index >= 15 is 0 Å². The van der Waals surface area contributed by atoms with E-state index in [1.165, 1.54) is 89.9 Å². The monoisotopic (exact) mass is 1330 g/mol. The Morgan fingerprint density at radius 2 is 0.547 bits per heavy atom. The summed E-state index contributed by atoms with van der Waals surface area (Å²) in [7, 11) is -4.42. The van der Waals surface area contributed by atoms with Gasteiger partial charge < -0.3 is 20.1 Å². The van der Waals surface area contributed by atoms with E-state index in [2.05, 4.69) is 220 Å². The van der Waals surface area contributed by atoms with Crippen molar-refractivity contribution in [2.24, 2.45) is 5.73 Å². The molecule has 0 amide bonds. The third-order valence-electron chi connectivity index (χ3n) is 15.2. The van der Waals surface area contributed by atoms with Gasteiger partial charge in [0.15, 0.2) is 6.10 Å². The second kappa shape index (κ2) is 77.6. The summed E-state index contributed by atoms with van der Waals surface area (Å²) in [6.45, 7) is 3.49. The molecule has 0 saturated heterocycles. The standard InChI is InChI=1S/C85H136NO8P/c1-3-5-7-9-11-13-15-17-19-21-23-25-27-29-31-33-35-37-39-40-41-42-44-46-48-50-52-54-56-58-60-62-64-66-68-70-72-74-76-78-85(88)94-83(82-93-95(89,90)92-80-79-86)81-91-84(87)77-75-73-71-69-67-65-63-61-59-57-55-53-51-49-47-45-43-38-36-34-32-30-28-26-24-22-20-18-16-14-12-10-8-6-4-2/h5-8,11-14,17-20,23-26,29-32,35-38,40-41,44,46,50,52,56,58,62,64,83H,3-4,9-10,15-16,21-22,27-28,33-34,39,42-43,45,47-49,51,53-55,57,59-61,63,65-82,86H2,1-2H3,(H,89,90)/b7-5-,8-6-,13-11-,14-12-,19-17-,20-18-,25-23-,26-24-,31-29-,32-30-,37-35-,38-36-,41-40-,46-44-,52-50-,58-56-,64-62-. The van der Waals surface area contributed by atoms with E-state index in [9.17, 15) is 19.0 Å². The Morgan fingerprint density at radius 1 is 0.316 bits per heavy atom. The fourth-order valence-electron chi connectivity index (χ4n) is 9.70. The number of nitrogens with two attached hydrogens (primary N) is 1. The van der Waals surface area contributed by atoms with Crippen molar-refractivity contribution in [2.45, 2.75) is 290 Å². The average molecular weight is 1330 g/mol. The molecule has 2 atom stereocenters. The third-order valence-corrected chi connectivity index (χ3v) is 16.1. The molecule has 0 heterocycles. The number of phosphoric acid groups is 1. The number of rotatable bonds is 68. The highest BCUT2D eigenvalue weighted by Gasteiger charge is 2.26. The van der Waals surface area contributed by atoms with E-state index in [0.29, 0.717) is 6.42 Å². The molecule has 0 spiro atoms. The highest BCUT2D eigenvalue weighted by Crippen LogP contribution is 2.43. The molecule has 2 unspecified atom stereocenters. The van der Waals surface area contributed by atoms with Crippen molar-refractivity contribution in [3.05, 3.63) is 207 Å². The lowest BCUT2D eigenvalue weighted by Gasteiger charge is -2.19. The number of esters is 2. The molecule has 0 aromatic rings. The third kappa shape index (κ3) is 77.5. The molecule has 9 nitrogen and oxygen atoms in total. The summed E-state index contributed by atoms with van der Waals surface area (Å²) >= 11 is 0. The molecule has 0 radical (unpaired) electrons. The largest absolute Gasteiger partial charge is 0.472 e. The number of unbranched alkanes of at least 4 members (excludes halogenated alkanes) is 21. The molecule has 0 aromatic heterocycles. The smallest absolute Gasteiger partial charge is 0.462 e. The first-order valence-electron chi connectivity index (χ1n) is 37.6. The van der Waals surface area contributed by atoms with Gasteiger partial charge in [0, 0.05) is 19.4 Å². The van der Waals surface area contributed by atoms with Crippen molar-refractivity contribution in [1.82, 2.24) is 0 Å². The lowest BCUT2D eigenvalue weighted by molar-refractivity contribution is -0.161. The SMILES string of the molecule is CC/C=C\C/C=C\C/C=C\C/C=C\C/C=C\C/C=C\C/C=C\C/C=C\C/C=C\C/C=C\C/C=C\CCCCCCCC(=O)OC(COC(=O)CCCCCCCCCCCCCCCCCC/C=C\C/C=C\C/C=C\C/C=C\C/C=C\C/C=C\CC)COP(=O)(O)OCCN. The van der Waals surface area contributed by atoms with Gasteiger partial charge in [-0.15, -0.1) is 0 Å². The molecule has 3 N–H and O–H groups in total. The van der Waals surface area contributed by atoms with E-state index in [1.54, 1.807) is 0 Å². The lowest BCUT2D eigenvalue weighted by atomic mass is 10.0. The normalized spacial score (nSPS) is 14.1. The molecule has 0 aromatic carbocycles. The zero-order valence-electron chi connectivity index (χ0n) is 60.1. The second-order valence-corrected chi connectivity index (χ2v) is 25.5. The maximum absolute atomic E-state index is 12.8. The summed E-state index contributed by atoms with van der Waals surface area (Å²) in [4.78, 5) is 35.4. The highest BCUT2D eigenvalue weighted by atomic mass is 31.2. The van der Waals surface area contributed by atoms with Crippen molar-refractivity contribution in [3.8, 4) is 0 Å². The first kappa shape index (κ1) is 89.6. The van der Waals surface area contributed by atoms with Crippen LogP contribution >= 0.6 is 7.82 Å². The van der Waals surface area contributed by atoms with Crippen LogP contribution in [-0.2, 0) is 32.7 Å². The van der Waals surface area contributed by atoms with Crippen LogP contribution in [0.25, 0.3) is 0 Å². The summed E-state index contributed by atoms with van der Waals surface area (Å²) in [5, 5.41) is 0. The maximum atomic E-state index is 12.8. The molecule has 0 saturated carbocycles. The van der Waals surface area contributed by atoms with Crippen LogP contribution in [0.5, 0.6) is 0 Å². The number of ether oxygens (including phenoxy) is 2. The van der Waals surface area contributed by atoms with Gasteiger partial charge in [0.05, 0.1) is 13.2 Å². The fourth-order valence-corrected chi connectivity index (χ4v) is 10.5. The zero-order chi connectivity index (χ0) is 68.6. The van der Waals surface area contributed by atoms with Crippen LogP contribution < -0.4 is 5.73 Å². The van der Waals surface area contributed by atoms with Gasteiger partial charge in [0.2, 0.25) is 0 Å². The molecular formula is C85H136NO8P. The summed E-state index contributed by atoms with van der Waals surface area (Å²) in [6.07, 6.45) is 119. The van der Waals surface area contributed by atoms with Gasteiger partial charge in [-0.2, -0.15) is 0 Å². The van der Waals surface area contributed by atoms with Crippen LogP contribution in [0.2, 0.25) is 0 Å². The molecule has 534 valence electrons. The van der Waals surface area contributed by atoms with Crippen LogP contribution in [-0.4, -0.2) is 49.3 Å². The number of phosphoric ester groups is 1. The zero-order valence-corrected chi connectivity index (χ0v) is 61.0. The molecule has 0 aliphatic carbocycles. The topological polar surface area (TPSA) is 134 Å². The fraction of sp³-hybridized carbons (Fsp3) is 0.576. The van der Waals surface area contributed by atoms with Gasteiger partial charge in [0.25, 0.3) is 0 Å². The maximum Gasteiger partial charge on any atom is 0.472 e. The van der Waals surface area contributed by atoms with Crippen LogP contribution in [0.1, 0.15) is 284 Å². The Balaban J connectivity index is 3.98. The highest BCUT2D eigenvalue weighted by molar-refractivity contribution is 7.47. The minimum Gasteiger partial charge on any atom is -0.462 e. The van der Waals surface area contributed by atoms with Crippen molar-refractivity contribution < 1.29 is 37.6 Å². The Kier molecular flexibility index (Phi) is 73.2. The summed E-state index contributed by atoms with van der Waals surface area (Å²) in [5.41, 5.74) is 5.41. The molecule has 0 rings (SSSR count). The summed E-state index contributed by atoms with van der Waals surface area (Å²) < 4.78 is 33.2. The van der Waals surface area contributed by atoms with E-state index in [0.717, 1.165) is 161 Å². The minimum atomic E-state index is -4.42. The van der Waals surface area contributed by atoms with Crippen LogP contribution in [0.4, 0.5) is 0 Å². The number of hydrogen-bond acceptors (Lipinski definition) is 8. The average Bonchev–Trinajstić information content (AvgIpc) is 3.16. The Hall–Kier alpha value is -5.41. The first-order chi connectivity index (χ1) is 46.8. The number of carbonyl (C=O) groups is 2. The quantitative estimate of drug-likeness (QED) is 0.0264. The Labute approximate surface area is 582 Å². The first-order valence-corrected chi connectivity index (χ1v) is 39.1. The van der Waals surface area contributed by atoms with Crippen molar-refractivity contribution in [1.29, 1.82) is 0 Å². The van der Waals surface area contributed by atoms with Gasteiger partial charge in [-0.25, -0.2) is 4.57 Å². The minimum absolute atomic E-state index is 0.0404. The molecule has 0 fully saturated rings. The van der Waals surface area contributed by atoms with Crippen molar-refractivity contribution in [3.63, 3.8) is 0 Å². The molecule has 0 aliphatic heterocycles. The second-order valence-electron chi connectivity index (χ2n) is 24.0. The van der Waals surface area contributed by atoms with E-state index in [1.807, 2.05) is 0 Å². The summed E-state index contributed by atoms with van der Waals surface area (Å²) in [5.74, 6) is -0.858. The molecular weight excluding hydrogens is 1190 g/mol. The predicted molar refractivity (Wildman–Crippen MR) is 412 cm³/mol. The molecule has 95 heavy (non-hydrogen) atoms. The van der Waals surface area contributed by atoms with Crippen molar-refractivity contribution >= 4 is 19.8 Å². The van der Waals surface area contributed by atoms with Gasteiger partial charge in [-0.05, 0) is 148 Å². The predicted octanol–water partition coefficient (Wildman–Crippen LogP) is 25.4. The number of hydrogen-bond donors (Lipinski definition) is 2. The van der Waals surface area contributed by atoms with Crippen LogP contribution in [0.3, 0.4) is 0 Å². The lowest BCUT2D eigenvalue weighted by Crippen LogP contribution is -2.29. The van der Waals surface area contributed by atoms with E-state index < -0.39 is 32.5 Å². The van der Waals surface area contributed by atoms with E-state index in [-0.39, 0.29) is 32.6 Å². The van der Waals surface area contributed by atoms with Gasteiger partial charge in [-0.1, -0.05) is 330 Å². The van der Waals surface area contributed by atoms with E-state index in [4.69, 9.17) is 24.3 Å². The summed E-state index contributed by atoms with van der Waals surface area (Å²) in [6, 6.07) is 0. The molecule has 10 heteroatoms. The van der Waals surface area contributed by atoms with Gasteiger partial charge in [-0.3, -0.25) is 18.6 Å². The molecule has 0 aliphatic rings. The van der Waals surface area contributed by atoms with Crippen molar-refractivity contribution in [2.75, 3.05) is 26.4 Å².